The van der Waals surface area contributed by atoms with E-state index in [0.717, 1.165) is 4.47 Å². The fraction of sp³-hybridized carbons (Fsp3) is 0.364. The van der Waals surface area contributed by atoms with Crippen molar-refractivity contribution in [3.63, 3.8) is 0 Å². The first-order valence-corrected chi connectivity index (χ1v) is 5.51. The molecule has 0 aromatic heterocycles. The highest BCUT2D eigenvalue weighted by Crippen LogP contribution is 2.12. The monoisotopic (exact) mass is 271 g/mol. The lowest BCUT2D eigenvalue weighted by Gasteiger charge is -2.13. The average molecular weight is 272 g/mol. The first-order chi connectivity index (χ1) is 7.13. The highest BCUT2D eigenvalue weighted by molar-refractivity contribution is 9.10. The molecule has 0 saturated carbocycles. The van der Waals surface area contributed by atoms with Crippen LogP contribution in [0.25, 0.3) is 0 Å². The van der Waals surface area contributed by atoms with E-state index in [9.17, 15) is 4.79 Å². The molecule has 0 aliphatic carbocycles. The van der Waals surface area contributed by atoms with Gasteiger partial charge in [-0.15, -0.1) is 0 Å². The molecule has 1 rings (SSSR count). The van der Waals surface area contributed by atoms with Crippen LogP contribution in [-0.4, -0.2) is 42.5 Å². The van der Waals surface area contributed by atoms with Crippen molar-refractivity contribution in [3.05, 3.63) is 34.3 Å². The topological polar surface area (TPSA) is 40.5 Å². The smallest absolute Gasteiger partial charge is 0.176 e. The van der Waals surface area contributed by atoms with Crippen LogP contribution in [0.1, 0.15) is 10.4 Å². The quantitative estimate of drug-likeness (QED) is 0.827. The Labute approximate surface area is 97.8 Å². The van der Waals surface area contributed by atoms with E-state index in [-0.39, 0.29) is 12.4 Å². The maximum atomic E-state index is 11.7. The maximum absolute atomic E-state index is 11.7. The summed E-state index contributed by atoms with van der Waals surface area (Å²) in [6, 6.07) is 7.31. The van der Waals surface area contributed by atoms with Crippen LogP contribution in [0.4, 0.5) is 0 Å². The van der Waals surface area contributed by atoms with Crippen molar-refractivity contribution in [1.82, 2.24) is 4.90 Å². The molecule has 0 unspecified atom stereocenters. The number of aliphatic hydroxyl groups is 1. The molecule has 1 aromatic rings. The van der Waals surface area contributed by atoms with E-state index in [4.69, 9.17) is 5.11 Å². The molecule has 0 atom stereocenters. The average Bonchev–Trinajstić information content (AvgIpc) is 2.18. The van der Waals surface area contributed by atoms with Gasteiger partial charge in [0.1, 0.15) is 0 Å². The minimum Gasteiger partial charge on any atom is -0.395 e. The van der Waals surface area contributed by atoms with E-state index in [1.807, 2.05) is 19.2 Å². The van der Waals surface area contributed by atoms with Crippen LogP contribution in [0, 0.1) is 0 Å². The minimum absolute atomic E-state index is 0.0623. The van der Waals surface area contributed by atoms with E-state index in [1.54, 1.807) is 17.0 Å². The molecule has 1 aromatic carbocycles. The van der Waals surface area contributed by atoms with Crippen LogP contribution in [-0.2, 0) is 0 Å². The van der Waals surface area contributed by atoms with Gasteiger partial charge in [0, 0.05) is 16.6 Å². The van der Waals surface area contributed by atoms with Gasteiger partial charge in [0.25, 0.3) is 0 Å². The Morgan fingerprint density at radius 3 is 2.87 bits per heavy atom. The number of rotatable bonds is 5. The van der Waals surface area contributed by atoms with Gasteiger partial charge in [-0.1, -0.05) is 28.1 Å². The number of ketones is 1. The van der Waals surface area contributed by atoms with Crippen LogP contribution in [0.15, 0.2) is 28.7 Å². The Morgan fingerprint density at radius 2 is 2.27 bits per heavy atom. The zero-order valence-electron chi connectivity index (χ0n) is 8.61. The first kappa shape index (κ1) is 12.4. The third kappa shape index (κ3) is 4.11. The number of hydrogen-bond donors (Lipinski definition) is 1. The number of benzene rings is 1. The van der Waals surface area contributed by atoms with Crippen LogP contribution in [0.5, 0.6) is 0 Å². The Balaban J connectivity index is 2.61. The van der Waals surface area contributed by atoms with Gasteiger partial charge in [0.2, 0.25) is 0 Å². The van der Waals surface area contributed by atoms with Crippen LogP contribution in [0.3, 0.4) is 0 Å². The molecule has 3 nitrogen and oxygen atoms in total. The summed E-state index contributed by atoms with van der Waals surface area (Å²) < 4.78 is 0.901. The molecule has 82 valence electrons. The van der Waals surface area contributed by atoms with Crippen molar-refractivity contribution in [1.29, 1.82) is 0 Å². The molecule has 0 fully saturated rings. The van der Waals surface area contributed by atoms with Crippen molar-refractivity contribution in [2.24, 2.45) is 0 Å². The molecular weight excluding hydrogens is 258 g/mol. The Bertz CT molecular complexity index is 341. The number of carbonyl (C=O) groups is 1. The summed E-state index contributed by atoms with van der Waals surface area (Å²) in [5.41, 5.74) is 0.689. The third-order valence-electron chi connectivity index (χ3n) is 2.04. The van der Waals surface area contributed by atoms with Crippen molar-refractivity contribution >= 4 is 21.7 Å². The van der Waals surface area contributed by atoms with Crippen molar-refractivity contribution in [2.75, 3.05) is 26.7 Å². The van der Waals surface area contributed by atoms with Crippen molar-refractivity contribution < 1.29 is 9.90 Å². The molecule has 0 radical (unpaired) electrons. The molecular formula is C11H14BrNO2. The SMILES string of the molecule is CN(CCO)CC(=O)c1cccc(Br)c1. The number of Topliss-reactive ketones (excluding diaryl/α,β-unsaturated/α-hetero) is 1. The lowest BCUT2D eigenvalue weighted by molar-refractivity contribution is 0.0935. The molecule has 0 aliphatic rings. The summed E-state index contributed by atoms with van der Waals surface area (Å²) in [5.74, 6) is 0.0623. The third-order valence-corrected chi connectivity index (χ3v) is 2.54. The van der Waals surface area contributed by atoms with E-state index in [2.05, 4.69) is 15.9 Å². The molecule has 0 spiro atoms. The summed E-state index contributed by atoms with van der Waals surface area (Å²) in [7, 11) is 1.81. The fourth-order valence-electron chi connectivity index (χ4n) is 1.25. The normalized spacial score (nSPS) is 10.7. The predicted molar refractivity (Wildman–Crippen MR) is 63.1 cm³/mol. The van der Waals surface area contributed by atoms with E-state index < -0.39 is 0 Å². The van der Waals surface area contributed by atoms with Gasteiger partial charge in [0.15, 0.2) is 5.78 Å². The second kappa shape index (κ2) is 6.00. The molecule has 4 heteroatoms. The number of likely N-dealkylation sites (N-methyl/N-ethyl adjacent to an activating group) is 1. The summed E-state index contributed by atoms with van der Waals surface area (Å²) in [6.07, 6.45) is 0. The maximum Gasteiger partial charge on any atom is 0.176 e. The fourth-order valence-corrected chi connectivity index (χ4v) is 1.65. The molecule has 15 heavy (non-hydrogen) atoms. The number of carbonyl (C=O) groups excluding carboxylic acids is 1. The highest BCUT2D eigenvalue weighted by atomic mass is 79.9. The summed E-state index contributed by atoms with van der Waals surface area (Å²) in [4.78, 5) is 13.5. The molecule has 0 heterocycles. The molecule has 0 saturated heterocycles. The van der Waals surface area contributed by atoms with Crippen LogP contribution >= 0.6 is 15.9 Å². The van der Waals surface area contributed by atoms with Gasteiger partial charge < -0.3 is 5.11 Å². The molecule has 0 amide bonds. The number of halogens is 1. The van der Waals surface area contributed by atoms with Crippen LogP contribution < -0.4 is 0 Å². The lowest BCUT2D eigenvalue weighted by Crippen LogP contribution is -2.28. The van der Waals surface area contributed by atoms with Gasteiger partial charge in [-0.2, -0.15) is 0 Å². The van der Waals surface area contributed by atoms with Crippen molar-refractivity contribution in [3.8, 4) is 0 Å². The Morgan fingerprint density at radius 1 is 1.53 bits per heavy atom. The number of aliphatic hydroxyl groups excluding tert-OH is 1. The number of nitrogens with zero attached hydrogens (tertiary/aromatic N) is 1. The molecule has 0 bridgehead atoms. The first-order valence-electron chi connectivity index (χ1n) is 4.71. The van der Waals surface area contributed by atoms with Gasteiger partial charge in [-0.05, 0) is 19.2 Å². The zero-order valence-corrected chi connectivity index (χ0v) is 10.2. The van der Waals surface area contributed by atoms with Gasteiger partial charge in [-0.3, -0.25) is 9.69 Å². The zero-order chi connectivity index (χ0) is 11.3. The highest BCUT2D eigenvalue weighted by Gasteiger charge is 2.08. The van der Waals surface area contributed by atoms with Crippen LogP contribution in [0.2, 0.25) is 0 Å². The second-order valence-corrected chi connectivity index (χ2v) is 4.31. The van der Waals surface area contributed by atoms with Crippen molar-refractivity contribution in [2.45, 2.75) is 0 Å². The summed E-state index contributed by atoms with van der Waals surface area (Å²) in [6.45, 7) is 0.916. The van der Waals surface area contributed by atoms with Gasteiger partial charge in [-0.25, -0.2) is 0 Å². The van der Waals surface area contributed by atoms with Gasteiger partial charge in [0.05, 0.1) is 13.2 Å². The minimum atomic E-state index is 0.0623. The summed E-state index contributed by atoms with van der Waals surface area (Å²) in [5, 5.41) is 8.70. The number of hydrogen-bond acceptors (Lipinski definition) is 3. The molecule has 1 N–H and O–H groups in total. The van der Waals surface area contributed by atoms with Gasteiger partial charge >= 0.3 is 0 Å². The van der Waals surface area contributed by atoms with E-state index in [1.165, 1.54) is 0 Å². The largest absolute Gasteiger partial charge is 0.395 e. The van der Waals surface area contributed by atoms with E-state index >= 15 is 0 Å². The lowest BCUT2D eigenvalue weighted by atomic mass is 10.1. The predicted octanol–water partition coefficient (Wildman–Crippen LogP) is 1.56. The second-order valence-electron chi connectivity index (χ2n) is 3.39. The van der Waals surface area contributed by atoms with E-state index in [0.29, 0.717) is 18.7 Å². The summed E-state index contributed by atoms with van der Waals surface area (Å²) >= 11 is 3.32. The Kier molecular flexibility index (Phi) is 4.94. The Hall–Kier alpha value is -0.710. The standard InChI is InChI=1S/C11H14BrNO2/c1-13(5-6-14)8-11(15)9-3-2-4-10(12)7-9/h2-4,7,14H,5-6,8H2,1H3. The molecule has 0 aliphatic heterocycles.